The Kier molecular flexibility index (Phi) is 4.06. The first-order valence-corrected chi connectivity index (χ1v) is 8.02. The zero-order valence-corrected chi connectivity index (χ0v) is 13.1. The van der Waals surface area contributed by atoms with E-state index in [4.69, 9.17) is 27.7 Å². The van der Waals surface area contributed by atoms with E-state index in [9.17, 15) is 0 Å². The number of allylic oxidation sites excluding steroid dienone is 6. The fourth-order valence-electron chi connectivity index (χ4n) is 2.03. The predicted molar refractivity (Wildman–Crippen MR) is 84.4 cm³/mol. The zero-order valence-electron chi connectivity index (χ0n) is 10.8. The van der Waals surface area contributed by atoms with Crippen LogP contribution in [0.1, 0.15) is 31.5 Å². The SMILES string of the molecule is CC1=CSCC(c2nc(C3=CC=C(Cl)CC3)no2)=C1Cl. The number of hydrogen-bond acceptors (Lipinski definition) is 4. The molecule has 104 valence electrons. The molecule has 0 spiro atoms. The lowest BCUT2D eigenvalue weighted by atomic mass is 10.0. The first-order chi connectivity index (χ1) is 9.65. The third-order valence-electron chi connectivity index (χ3n) is 3.17. The standard InChI is InChI=1S/C14H12Cl2N2OS/c1-8-6-20-7-11(12(8)16)14-17-13(18-19-14)9-2-4-10(15)5-3-9/h2,4,6H,3,5,7H2,1H3. The summed E-state index contributed by atoms with van der Waals surface area (Å²) in [4.78, 5) is 4.47. The largest absolute Gasteiger partial charge is 0.334 e. The maximum absolute atomic E-state index is 6.31. The van der Waals surface area contributed by atoms with Crippen molar-refractivity contribution in [1.82, 2.24) is 10.1 Å². The molecule has 2 heterocycles. The average molecular weight is 327 g/mol. The van der Waals surface area contributed by atoms with Gasteiger partial charge in [0.25, 0.3) is 5.89 Å². The first-order valence-electron chi connectivity index (χ1n) is 6.22. The molecule has 0 radical (unpaired) electrons. The Balaban J connectivity index is 1.92. The summed E-state index contributed by atoms with van der Waals surface area (Å²) in [5.74, 6) is 1.88. The normalized spacial score (nSPS) is 19.6. The zero-order chi connectivity index (χ0) is 14.1. The van der Waals surface area contributed by atoms with E-state index in [1.54, 1.807) is 11.8 Å². The second-order valence-electron chi connectivity index (χ2n) is 4.63. The summed E-state index contributed by atoms with van der Waals surface area (Å²) in [5, 5.41) is 7.65. The molecule has 0 amide bonds. The lowest BCUT2D eigenvalue weighted by Gasteiger charge is -2.11. The minimum atomic E-state index is 0.506. The first kappa shape index (κ1) is 14.0. The Morgan fingerprint density at radius 1 is 1.25 bits per heavy atom. The van der Waals surface area contributed by atoms with Crippen LogP contribution in [0.25, 0.3) is 11.1 Å². The Bertz CT molecular complexity index is 670. The molecule has 1 aromatic heterocycles. The fourth-order valence-corrected chi connectivity index (χ4v) is 3.42. The summed E-state index contributed by atoms with van der Waals surface area (Å²) in [6.07, 6.45) is 5.47. The van der Waals surface area contributed by atoms with Crippen molar-refractivity contribution in [3.63, 3.8) is 0 Å². The molecule has 1 aromatic rings. The van der Waals surface area contributed by atoms with Gasteiger partial charge in [0.05, 0.1) is 5.03 Å². The maximum Gasteiger partial charge on any atom is 0.256 e. The molecule has 0 atom stereocenters. The highest BCUT2D eigenvalue weighted by atomic mass is 35.5. The van der Waals surface area contributed by atoms with Crippen molar-refractivity contribution in [2.75, 3.05) is 5.75 Å². The van der Waals surface area contributed by atoms with Gasteiger partial charge in [-0.2, -0.15) is 4.98 Å². The summed E-state index contributed by atoms with van der Waals surface area (Å²) in [5.41, 5.74) is 2.97. The number of hydrogen-bond donors (Lipinski definition) is 0. The number of thioether (sulfide) groups is 1. The maximum atomic E-state index is 6.31. The highest BCUT2D eigenvalue weighted by Gasteiger charge is 2.21. The topological polar surface area (TPSA) is 38.9 Å². The highest BCUT2D eigenvalue weighted by molar-refractivity contribution is 8.02. The lowest BCUT2D eigenvalue weighted by molar-refractivity contribution is 0.404. The van der Waals surface area contributed by atoms with Crippen molar-refractivity contribution in [3.8, 4) is 0 Å². The fraction of sp³-hybridized carbons (Fsp3) is 0.286. The number of aromatic nitrogens is 2. The number of halogens is 2. The van der Waals surface area contributed by atoms with Crippen LogP contribution in [0.15, 0.2) is 37.7 Å². The van der Waals surface area contributed by atoms with E-state index in [2.05, 4.69) is 10.1 Å². The molecule has 3 rings (SSSR count). The van der Waals surface area contributed by atoms with E-state index in [-0.39, 0.29) is 0 Å². The van der Waals surface area contributed by atoms with Crippen molar-refractivity contribution >= 4 is 46.1 Å². The van der Waals surface area contributed by atoms with Gasteiger partial charge in [-0.05, 0) is 36.8 Å². The lowest BCUT2D eigenvalue weighted by Crippen LogP contribution is -1.97. The monoisotopic (exact) mass is 326 g/mol. The molecular weight excluding hydrogens is 315 g/mol. The molecular formula is C14H12Cl2N2OS. The number of rotatable bonds is 2. The highest BCUT2D eigenvalue weighted by Crippen LogP contribution is 2.35. The molecule has 0 bridgehead atoms. The molecule has 0 N–H and O–H groups in total. The van der Waals surface area contributed by atoms with E-state index in [0.717, 1.165) is 40.3 Å². The molecule has 6 heteroatoms. The van der Waals surface area contributed by atoms with Crippen LogP contribution < -0.4 is 0 Å². The minimum absolute atomic E-state index is 0.506. The van der Waals surface area contributed by atoms with Gasteiger partial charge in [-0.3, -0.25) is 0 Å². The molecule has 0 saturated carbocycles. The quantitative estimate of drug-likeness (QED) is 0.769. The van der Waals surface area contributed by atoms with Gasteiger partial charge in [-0.1, -0.05) is 34.4 Å². The van der Waals surface area contributed by atoms with Crippen molar-refractivity contribution in [3.05, 3.63) is 44.9 Å². The molecule has 0 unspecified atom stereocenters. The van der Waals surface area contributed by atoms with Gasteiger partial charge >= 0.3 is 0 Å². The van der Waals surface area contributed by atoms with Crippen LogP contribution in [0.5, 0.6) is 0 Å². The summed E-state index contributed by atoms with van der Waals surface area (Å²) in [7, 11) is 0. The molecule has 1 aliphatic heterocycles. The van der Waals surface area contributed by atoms with Gasteiger partial charge in [-0.25, -0.2) is 0 Å². The van der Waals surface area contributed by atoms with Crippen molar-refractivity contribution in [2.24, 2.45) is 0 Å². The summed E-state index contributed by atoms with van der Waals surface area (Å²) in [6, 6.07) is 0. The minimum Gasteiger partial charge on any atom is -0.334 e. The van der Waals surface area contributed by atoms with Gasteiger partial charge in [0.1, 0.15) is 0 Å². The van der Waals surface area contributed by atoms with Gasteiger partial charge in [0.2, 0.25) is 0 Å². The Morgan fingerprint density at radius 2 is 2.10 bits per heavy atom. The van der Waals surface area contributed by atoms with Crippen LogP contribution in [0, 0.1) is 0 Å². The molecule has 20 heavy (non-hydrogen) atoms. The molecule has 0 fully saturated rings. The molecule has 0 saturated heterocycles. The summed E-state index contributed by atoms with van der Waals surface area (Å²) < 4.78 is 5.36. The smallest absolute Gasteiger partial charge is 0.256 e. The third-order valence-corrected chi connectivity index (χ3v) is 4.99. The van der Waals surface area contributed by atoms with E-state index < -0.39 is 0 Å². The van der Waals surface area contributed by atoms with Crippen LogP contribution in [0.2, 0.25) is 0 Å². The average Bonchev–Trinajstić information content (AvgIpc) is 2.92. The van der Waals surface area contributed by atoms with Gasteiger partial charge in [-0.15, -0.1) is 11.8 Å². The van der Waals surface area contributed by atoms with Gasteiger partial charge < -0.3 is 4.52 Å². The van der Waals surface area contributed by atoms with E-state index in [1.807, 2.05) is 24.5 Å². The predicted octanol–water partition coefficient (Wildman–Crippen LogP) is 4.97. The van der Waals surface area contributed by atoms with Gasteiger partial charge in [0.15, 0.2) is 5.82 Å². The Morgan fingerprint density at radius 3 is 2.85 bits per heavy atom. The second-order valence-corrected chi connectivity index (χ2v) is 6.35. The van der Waals surface area contributed by atoms with E-state index in [0.29, 0.717) is 16.7 Å². The van der Waals surface area contributed by atoms with E-state index in [1.165, 1.54) is 0 Å². The van der Waals surface area contributed by atoms with Crippen molar-refractivity contribution in [2.45, 2.75) is 19.8 Å². The molecule has 3 nitrogen and oxygen atoms in total. The molecule has 1 aliphatic carbocycles. The molecule has 2 aliphatic rings. The van der Waals surface area contributed by atoms with Crippen LogP contribution in [-0.2, 0) is 0 Å². The molecule has 0 aromatic carbocycles. The second kappa shape index (κ2) is 5.80. The summed E-state index contributed by atoms with van der Waals surface area (Å²) >= 11 is 13.9. The van der Waals surface area contributed by atoms with Crippen LogP contribution in [0.4, 0.5) is 0 Å². The Hall–Kier alpha value is -0.970. The van der Waals surface area contributed by atoms with Crippen LogP contribution >= 0.6 is 35.0 Å². The third kappa shape index (κ3) is 2.73. The Labute approximate surface area is 131 Å². The van der Waals surface area contributed by atoms with Crippen molar-refractivity contribution in [1.29, 1.82) is 0 Å². The van der Waals surface area contributed by atoms with Crippen LogP contribution in [-0.4, -0.2) is 15.9 Å². The van der Waals surface area contributed by atoms with Crippen molar-refractivity contribution < 1.29 is 4.52 Å². The van der Waals surface area contributed by atoms with E-state index >= 15 is 0 Å². The summed E-state index contributed by atoms with van der Waals surface area (Å²) in [6.45, 7) is 1.97. The van der Waals surface area contributed by atoms with Gasteiger partial charge in [0, 0.05) is 21.9 Å². The van der Waals surface area contributed by atoms with Crippen LogP contribution in [0.3, 0.4) is 0 Å². The number of nitrogens with zero attached hydrogens (tertiary/aromatic N) is 2.